The largest absolute Gasteiger partial charge is 0.435 e. The minimum atomic E-state index is -5.65. The summed E-state index contributed by atoms with van der Waals surface area (Å²) in [6, 6.07) is 0. The molecule has 0 N–H and O–H groups in total. The molecule has 3 nitrogen and oxygen atoms in total. The second-order valence-electron chi connectivity index (χ2n) is 6.13. The van der Waals surface area contributed by atoms with Crippen LogP contribution in [0.25, 0.3) is 0 Å². The second kappa shape index (κ2) is 5.58. The lowest BCUT2D eigenvalue weighted by atomic mass is 9.90. The molecule has 0 aliphatic carbocycles. The van der Waals surface area contributed by atoms with Gasteiger partial charge in [-0.05, 0) is 20.3 Å². The number of esters is 1. The van der Waals surface area contributed by atoms with Crippen LogP contribution in [0.1, 0.15) is 40.5 Å². The van der Waals surface area contributed by atoms with Crippen molar-refractivity contribution < 1.29 is 40.6 Å². The van der Waals surface area contributed by atoms with Gasteiger partial charge in [0.05, 0.1) is 5.41 Å². The SMILES string of the molecule is CCC(C)(C)C(=O)OC1OC(C(F)(F)F)(C(F)(F)F)CC1C. The van der Waals surface area contributed by atoms with E-state index in [1.807, 2.05) is 0 Å². The summed E-state index contributed by atoms with van der Waals surface area (Å²) in [4.78, 5) is 11.8. The van der Waals surface area contributed by atoms with Gasteiger partial charge in [-0.2, -0.15) is 26.3 Å². The van der Waals surface area contributed by atoms with Crippen molar-refractivity contribution in [2.45, 2.75) is 64.8 Å². The Balaban J connectivity index is 3.03. The van der Waals surface area contributed by atoms with Gasteiger partial charge in [0, 0.05) is 12.3 Å². The molecule has 1 aliphatic heterocycles. The van der Waals surface area contributed by atoms with Gasteiger partial charge in [0.15, 0.2) is 0 Å². The highest BCUT2D eigenvalue weighted by Crippen LogP contribution is 2.54. The van der Waals surface area contributed by atoms with Crippen LogP contribution in [0.3, 0.4) is 0 Å². The van der Waals surface area contributed by atoms with Crippen molar-refractivity contribution in [1.29, 1.82) is 0 Å². The van der Waals surface area contributed by atoms with Crippen molar-refractivity contribution in [3.8, 4) is 0 Å². The van der Waals surface area contributed by atoms with Crippen LogP contribution in [0.4, 0.5) is 26.3 Å². The molecule has 0 bridgehead atoms. The molecule has 2 unspecified atom stereocenters. The topological polar surface area (TPSA) is 35.5 Å². The number of hydrogen-bond donors (Lipinski definition) is 0. The first-order valence-electron chi connectivity index (χ1n) is 6.70. The number of carbonyl (C=O) groups is 1. The molecule has 0 aromatic carbocycles. The summed E-state index contributed by atoms with van der Waals surface area (Å²) in [6.07, 6.45) is -14.2. The van der Waals surface area contributed by atoms with Crippen LogP contribution in [0.2, 0.25) is 0 Å². The quantitative estimate of drug-likeness (QED) is 0.572. The van der Waals surface area contributed by atoms with Crippen LogP contribution in [0.15, 0.2) is 0 Å². The average Bonchev–Trinajstić information content (AvgIpc) is 2.67. The van der Waals surface area contributed by atoms with E-state index in [0.29, 0.717) is 6.42 Å². The molecule has 22 heavy (non-hydrogen) atoms. The lowest BCUT2D eigenvalue weighted by Gasteiger charge is -2.33. The van der Waals surface area contributed by atoms with E-state index in [1.54, 1.807) is 6.92 Å². The molecule has 9 heteroatoms. The van der Waals surface area contributed by atoms with E-state index in [2.05, 4.69) is 4.74 Å². The first-order valence-corrected chi connectivity index (χ1v) is 6.70. The summed E-state index contributed by atoms with van der Waals surface area (Å²) in [6.45, 7) is 5.73. The second-order valence-corrected chi connectivity index (χ2v) is 6.13. The summed E-state index contributed by atoms with van der Waals surface area (Å²) in [5, 5.41) is 0. The Morgan fingerprint density at radius 1 is 1.18 bits per heavy atom. The maximum atomic E-state index is 12.9. The Morgan fingerprint density at radius 3 is 1.95 bits per heavy atom. The van der Waals surface area contributed by atoms with Crippen molar-refractivity contribution in [3.63, 3.8) is 0 Å². The van der Waals surface area contributed by atoms with Crippen molar-refractivity contribution in [2.24, 2.45) is 11.3 Å². The number of carbonyl (C=O) groups excluding carboxylic acids is 1. The minimum Gasteiger partial charge on any atom is -0.435 e. The molecule has 1 aliphatic rings. The van der Waals surface area contributed by atoms with E-state index >= 15 is 0 Å². The number of halogens is 6. The maximum absolute atomic E-state index is 12.9. The van der Waals surface area contributed by atoms with Gasteiger partial charge in [-0.15, -0.1) is 0 Å². The highest BCUT2D eigenvalue weighted by atomic mass is 19.4. The molecule has 0 aromatic rings. The smallest absolute Gasteiger partial charge is 0.426 e. The molecular weight excluding hydrogens is 318 g/mol. The first-order chi connectivity index (χ1) is 9.68. The van der Waals surface area contributed by atoms with Crippen molar-refractivity contribution in [3.05, 3.63) is 0 Å². The molecule has 130 valence electrons. The van der Waals surface area contributed by atoms with Gasteiger partial charge in [0.25, 0.3) is 5.60 Å². The lowest BCUT2D eigenvalue weighted by Crippen LogP contribution is -2.57. The standard InChI is InChI=1S/C13H18F6O3/c1-5-10(3,4)9(20)21-8-7(2)6-11(22-8,12(14,15)16)13(17,18)19/h7-8H,5-6H2,1-4H3. The van der Waals surface area contributed by atoms with Crippen LogP contribution in [-0.4, -0.2) is 30.2 Å². The Kier molecular flexibility index (Phi) is 4.83. The van der Waals surface area contributed by atoms with Gasteiger partial charge < -0.3 is 9.47 Å². The summed E-state index contributed by atoms with van der Waals surface area (Å²) < 4.78 is 86.4. The molecule has 0 spiro atoms. The number of alkyl halides is 6. The van der Waals surface area contributed by atoms with E-state index in [9.17, 15) is 31.1 Å². The van der Waals surface area contributed by atoms with Gasteiger partial charge >= 0.3 is 18.3 Å². The molecule has 0 amide bonds. The number of rotatable bonds is 3. The van der Waals surface area contributed by atoms with Crippen molar-refractivity contribution in [1.82, 2.24) is 0 Å². The molecule has 2 atom stereocenters. The average molecular weight is 336 g/mol. The normalized spacial score (nSPS) is 26.1. The van der Waals surface area contributed by atoms with Crippen LogP contribution in [0.5, 0.6) is 0 Å². The van der Waals surface area contributed by atoms with Crippen LogP contribution >= 0.6 is 0 Å². The first kappa shape index (κ1) is 19.1. The maximum Gasteiger partial charge on any atom is 0.426 e. The van der Waals surface area contributed by atoms with Gasteiger partial charge in [-0.25, -0.2) is 0 Å². The minimum absolute atomic E-state index is 0.316. The highest BCUT2D eigenvalue weighted by Gasteiger charge is 2.76. The summed E-state index contributed by atoms with van der Waals surface area (Å²) >= 11 is 0. The van der Waals surface area contributed by atoms with E-state index < -0.39 is 48.0 Å². The Bertz CT molecular complexity index is 412. The number of ether oxygens (including phenoxy) is 2. The highest BCUT2D eigenvalue weighted by molar-refractivity contribution is 5.75. The fraction of sp³-hybridized carbons (Fsp3) is 0.923. The lowest BCUT2D eigenvalue weighted by molar-refractivity contribution is -0.385. The van der Waals surface area contributed by atoms with Crippen molar-refractivity contribution in [2.75, 3.05) is 0 Å². The fourth-order valence-corrected chi connectivity index (χ4v) is 1.99. The van der Waals surface area contributed by atoms with Crippen LogP contribution in [-0.2, 0) is 14.3 Å². The molecule has 1 saturated heterocycles. The van der Waals surface area contributed by atoms with Gasteiger partial charge in [0.1, 0.15) is 0 Å². The number of hydrogen-bond acceptors (Lipinski definition) is 3. The molecule has 1 rings (SSSR count). The van der Waals surface area contributed by atoms with Crippen LogP contribution < -0.4 is 0 Å². The molecular formula is C13H18F6O3. The van der Waals surface area contributed by atoms with E-state index in [1.165, 1.54) is 13.8 Å². The Morgan fingerprint density at radius 2 is 1.64 bits per heavy atom. The van der Waals surface area contributed by atoms with Crippen molar-refractivity contribution >= 4 is 5.97 Å². The predicted molar refractivity (Wildman–Crippen MR) is 63.7 cm³/mol. The summed E-state index contributed by atoms with van der Waals surface area (Å²) in [7, 11) is 0. The molecule has 0 radical (unpaired) electrons. The van der Waals surface area contributed by atoms with Gasteiger partial charge in [0.2, 0.25) is 6.29 Å². The van der Waals surface area contributed by atoms with E-state index in [-0.39, 0.29) is 0 Å². The van der Waals surface area contributed by atoms with Crippen LogP contribution in [0, 0.1) is 11.3 Å². The Hall–Kier alpha value is -0.990. The zero-order valence-electron chi connectivity index (χ0n) is 12.6. The molecule has 1 heterocycles. The summed E-state index contributed by atoms with van der Waals surface area (Å²) in [5.74, 6) is -2.13. The van der Waals surface area contributed by atoms with E-state index in [4.69, 9.17) is 4.74 Å². The predicted octanol–water partition coefficient (Wildman–Crippen LogP) is 4.21. The third-order valence-corrected chi connectivity index (χ3v) is 3.97. The fourth-order valence-electron chi connectivity index (χ4n) is 1.99. The molecule has 0 aromatic heterocycles. The van der Waals surface area contributed by atoms with Gasteiger partial charge in [-0.3, -0.25) is 4.79 Å². The third kappa shape index (κ3) is 3.18. The zero-order chi connectivity index (χ0) is 17.6. The summed E-state index contributed by atoms with van der Waals surface area (Å²) in [5.41, 5.74) is -5.33. The zero-order valence-corrected chi connectivity index (χ0v) is 12.6. The third-order valence-electron chi connectivity index (χ3n) is 3.97. The Labute approximate surface area is 123 Å². The monoisotopic (exact) mass is 336 g/mol. The van der Waals surface area contributed by atoms with E-state index in [0.717, 1.165) is 6.92 Å². The molecule has 0 saturated carbocycles. The molecule has 1 fully saturated rings. The van der Waals surface area contributed by atoms with Gasteiger partial charge in [-0.1, -0.05) is 13.8 Å².